The van der Waals surface area contributed by atoms with Crippen molar-refractivity contribution in [3.8, 4) is 16.9 Å². The minimum atomic E-state index is -0.666. The van der Waals surface area contributed by atoms with Crippen LogP contribution in [0.5, 0.6) is 0 Å². The second-order valence-corrected chi connectivity index (χ2v) is 7.10. The second kappa shape index (κ2) is 8.75. The lowest BCUT2D eigenvalue weighted by Crippen LogP contribution is -2.15. The van der Waals surface area contributed by atoms with Gasteiger partial charge in [0.1, 0.15) is 11.3 Å². The molecule has 0 bridgehead atoms. The van der Waals surface area contributed by atoms with Gasteiger partial charge in [0.25, 0.3) is 0 Å². The molecule has 1 aromatic heterocycles. The normalized spacial score (nSPS) is 10.5. The van der Waals surface area contributed by atoms with Crippen LogP contribution in [-0.4, -0.2) is 41.7 Å². The van der Waals surface area contributed by atoms with E-state index in [9.17, 15) is 9.59 Å². The van der Waals surface area contributed by atoms with Gasteiger partial charge in [-0.05, 0) is 30.0 Å². The van der Waals surface area contributed by atoms with Gasteiger partial charge in [-0.25, -0.2) is 14.3 Å². The molecule has 0 aliphatic carbocycles. The van der Waals surface area contributed by atoms with Crippen molar-refractivity contribution < 1.29 is 19.1 Å². The molecule has 0 atom stereocenters. The van der Waals surface area contributed by atoms with E-state index in [1.165, 1.54) is 18.9 Å². The maximum atomic E-state index is 12.6. The number of thioether (sulfide) groups is 1. The molecular formula is C21H20N2O4S. The molecular weight excluding hydrogens is 376 g/mol. The van der Waals surface area contributed by atoms with Gasteiger partial charge in [-0.3, -0.25) is 0 Å². The molecule has 0 aliphatic heterocycles. The number of rotatable bonds is 6. The number of methoxy groups -OCH3 is 2. The largest absolute Gasteiger partial charge is 0.465 e. The van der Waals surface area contributed by atoms with Crippen molar-refractivity contribution in [3.63, 3.8) is 0 Å². The van der Waals surface area contributed by atoms with Crippen LogP contribution in [0.3, 0.4) is 0 Å². The van der Waals surface area contributed by atoms with E-state index in [2.05, 4.69) is 12.0 Å². The summed E-state index contributed by atoms with van der Waals surface area (Å²) in [6, 6.07) is 16.8. The van der Waals surface area contributed by atoms with Gasteiger partial charge in [-0.1, -0.05) is 37.3 Å². The molecule has 3 aromatic rings. The van der Waals surface area contributed by atoms with Gasteiger partial charge in [-0.15, -0.1) is 11.8 Å². The molecule has 0 unspecified atom stereocenters. The first-order valence-electron chi connectivity index (χ1n) is 8.69. The summed E-state index contributed by atoms with van der Waals surface area (Å²) in [4.78, 5) is 26.2. The number of hydrogen-bond acceptors (Lipinski definition) is 6. The standard InChI is InChI=1S/C21H20N2O4S/c1-4-28-16-12-10-14(11-13-16)18-17(20(24)26-2)19(21(25)27-3)23(22-18)15-8-6-5-7-9-15/h5-13H,4H2,1-3H3. The Morgan fingerprint density at radius 3 is 2.18 bits per heavy atom. The number of carbonyl (C=O) groups excluding carboxylic acids is 2. The Kier molecular flexibility index (Phi) is 6.16. The Balaban J connectivity index is 2.25. The summed E-state index contributed by atoms with van der Waals surface area (Å²) in [7, 11) is 2.54. The van der Waals surface area contributed by atoms with E-state index in [1.54, 1.807) is 23.9 Å². The molecule has 6 nitrogen and oxygen atoms in total. The fourth-order valence-electron chi connectivity index (χ4n) is 2.83. The van der Waals surface area contributed by atoms with Crippen LogP contribution in [0.25, 0.3) is 16.9 Å². The summed E-state index contributed by atoms with van der Waals surface area (Å²) in [5, 5.41) is 4.57. The van der Waals surface area contributed by atoms with E-state index in [1.807, 2.05) is 42.5 Å². The lowest BCUT2D eigenvalue weighted by atomic mass is 10.1. The van der Waals surface area contributed by atoms with E-state index in [0.717, 1.165) is 10.6 Å². The van der Waals surface area contributed by atoms with Crippen molar-refractivity contribution in [2.45, 2.75) is 11.8 Å². The molecule has 28 heavy (non-hydrogen) atoms. The number of ether oxygens (including phenoxy) is 2. The number of benzene rings is 2. The van der Waals surface area contributed by atoms with Crippen molar-refractivity contribution in [3.05, 3.63) is 65.9 Å². The molecule has 0 fully saturated rings. The summed E-state index contributed by atoms with van der Waals surface area (Å²) in [6.07, 6.45) is 0. The Bertz CT molecular complexity index is 982. The first kappa shape index (κ1) is 19.7. The number of esters is 2. The molecule has 3 rings (SSSR count). The van der Waals surface area contributed by atoms with Gasteiger partial charge in [0.05, 0.1) is 19.9 Å². The molecule has 0 N–H and O–H groups in total. The number of para-hydroxylation sites is 1. The SMILES string of the molecule is CCSc1ccc(-c2nn(-c3ccccc3)c(C(=O)OC)c2C(=O)OC)cc1. The molecule has 144 valence electrons. The van der Waals surface area contributed by atoms with E-state index in [4.69, 9.17) is 9.47 Å². The molecule has 0 radical (unpaired) electrons. The number of aromatic nitrogens is 2. The molecule has 0 amide bonds. The van der Waals surface area contributed by atoms with Crippen LogP contribution in [0.2, 0.25) is 0 Å². The zero-order chi connectivity index (χ0) is 20.1. The monoisotopic (exact) mass is 396 g/mol. The Morgan fingerprint density at radius 1 is 0.964 bits per heavy atom. The van der Waals surface area contributed by atoms with Gasteiger partial charge in [0.15, 0.2) is 5.69 Å². The first-order valence-corrected chi connectivity index (χ1v) is 9.67. The van der Waals surface area contributed by atoms with Gasteiger partial charge in [-0.2, -0.15) is 5.10 Å². The third-order valence-electron chi connectivity index (χ3n) is 4.09. The highest BCUT2D eigenvalue weighted by Gasteiger charge is 2.31. The third kappa shape index (κ3) is 3.80. The first-order chi connectivity index (χ1) is 13.6. The predicted octanol–water partition coefficient (Wildman–Crippen LogP) is 4.22. The van der Waals surface area contributed by atoms with Crippen LogP contribution in [0.1, 0.15) is 27.8 Å². The molecule has 1 heterocycles. The number of hydrogen-bond donors (Lipinski definition) is 0. The van der Waals surface area contributed by atoms with Crippen LogP contribution in [0.4, 0.5) is 0 Å². The Labute approximate surface area is 167 Å². The average molecular weight is 396 g/mol. The molecule has 0 aliphatic rings. The second-order valence-electron chi connectivity index (χ2n) is 5.76. The van der Waals surface area contributed by atoms with Crippen molar-refractivity contribution in [2.24, 2.45) is 0 Å². The van der Waals surface area contributed by atoms with E-state index in [0.29, 0.717) is 16.9 Å². The molecule has 2 aromatic carbocycles. The lowest BCUT2D eigenvalue weighted by Gasteiger charge is -2.07. The van der Waals surface area contributed by atoms with Crippen LogP contribution in [0.15, 0.2) is 59.5 Å². The number of carbonyl (C=O) groups is 2. The summed E-state index contributed by atoms with van der Waals surface area (Å²) in [6.45, 7) is 2.08. The predicted molar refractivity (Wildman–Crippen MR) is 108 cm³/mol. The van der Waals surface area contributed by atoms with Gasteiger partial charge in [0, 0.05) is 10.5 Å². The minimum Gasteiger partial charge on any atom is -0.465 e. The van der Waals surface area contributed by atoms with Crippen molar-refractivity contribution in [1.29, 1.82) is 0 Å². The topological polar surface area (TPSA) is 70.4 Å². The highest BCUT2D eigenvalue weighted by atomic mass is 32.2. The van der Waals surface area contributed by atoms with Gasteiger partial charge < -0.3 is 9.47 Å². The summed E-state index contributed by atoms with van der Waals surface area (Å²) < 4.78 is 11.3. The summed E-state index contributed by atoms with van der Waals surface area (Å²) >= 11 is 1.72. The zero-order valence-electron chi connectivity index (χ0n) is 15.8. The maximum absolute atomic E-state index is 12.6. The molecule has 0 spiro atoms. The molecule has 0 saturated carbocycles. The highest BCUT2D eigenvalue weighted by molar-refractivity contribution is 7.99. The highest BCUT2D eigenvalue weighted by Crippen LogP contribution is 2.30. The molecule has 7 heteroatoms. The fourth-order valence-corrected chi connectivity index (χ4v) is 3.49. The lowest BCUT2D eigenvalue weighted by molar-refractivity contribution is 0.0549. The fraction of sp³-hybridized carbons (Fsp3) is 0.190. The third-order valence-corrected chi connectivity index (χ3v) is 4.99. The van der Waals surface area contributed by atoms with Crippen molar-refractivity contribution in [2.75, 3.05) is 20.0 Å². The van der Waals surface area contributed by atoms with Crippen molar-refractivity contribution in [1.82, 2.24) is 9.78 Å². The molecule has 0 saturated heterocycles. The quantitative estimate of drug-likeness (QED) is 0.459. The van der Waals surface area contributed by atoms with Crippen molar-refractivity contribution >= 4 is 23.7 Å². The van der Waals surface area contributed by atoms with Crippen LogP contribution in [-0.2, 0) is 9.47 Å². The summed E-state index contributed by atoms with van der Waals surface area (Å²) in [5.41, 5.74) is 1.82. The average Bonchev–Trinajstić information content (AvgIpc) is 3.14. The van der Waals surface area contributed by atoms with Gasteiger partial charge in [0.2, 0.25) is 0 Å². The summed E-state index contributed by atoms with van der Waals surface area (Å²) in [5.74, 6) is -0.354. The smallest absolute Gasteiger partial charge is 0.357 e. The van der Waals surface area contributed by atoms with E-state index in [-0.39, 0.29) is 11.3 Å². The van der Waals surface area contributed by atoms with Crippen LogP contribution in [0, 0.1) is 0 Å². The van der Waals surface area contributed by atoms with Crippen LogP contribution < -0.4 is 0 Å². The zero-order valence-corrected chi connectivity index (χ0v) is 16.7. The Hall–Kier alpha value is -3.06. The minimum absolute atomic E-state index is 0.0301. The van der Waals surface area contributed by atoms with E-state index >= 15 is 0 Å². The van der Waals surface area contributed by atoms with Gasteiger partial charge >= 0.3 is 11.9 Å². The van der Waals surface area contributed by atoms with Crippen LogP contribution >= 0.6 is 11.8 Å². The van der Waals surface area contributed by atoms with E-state index < -0.39 is 11.9 Å². The number of nitrogens with zero attached hydrogens (tertiary/aromatic N) is 2. The maximum Gasteiger partial charge on any atom is 0.357 e. The Morgan fingerprint density at radius 2 is 1.61 bits per heavy atom.